The van der Waals surface area contributed by atoms with Gasteiger partial charge in [0.15, 0.2) is 0 Å². The van der Waals surface area contributed by atoms with E-state index >= 15 is 0 Å². The summed E-state index contributed by atoms with van der Waals surface area (Å²) in [5.41, 5.74) is -1.39. The van der Waals surface area contributed by atoms with Crippen LogP contribution in [0.3, 0.4) is 0 Å². The second kappa shape index (κ2) is 10.4. The number of thiazole rings is 1. The predicted molar refractivity (Wildman–Crippen MR) is 115 cm³/mol. The van der Waals surface area contributed by atoms with Gasteiger partial charge >= 0.3 is 11.0 Å². The Bertz CT molecular complexity index is 1010. The maximum Gasteiger partial charge on any atom is 0.432 e. The molecule has 1 aromatic carbocycles. The molecule has 0 bridgehead atoms. The zero-order valence-corrected chi connectivity index (χ0v) is 18.9. The zero-order chi connectivity index (χ0) is 23.5. The number of benzene rings is 1. The number of carbonyl (C=O) groups is 1. The molecule has 0 spiro atoms. The summed E-state index contributed by atoms with van der Waals surface area (Å²) in [4.78, 5) is 25.2. The molecule has 0 saturated carbocycles. The minimum atomic E-state index is -4.85. The summed E-state index contributed by atoms with van der Waals surface area (Å²) in [6, 6.07) is 5.04. The van der Waals surface area contributed by atoms with Crippen LogP contribution in [0.25, 0.3) is 0 Å². The van der Waals surface area contributed by atoms with Crippen molar-refractivity contribution in [2.75, 3.05) is 26.2 Å². The van der Waals surface area contributed by atoms with E-state index in [0.29, 0.717) is 41.7 Å². The number of aliphatic hydroxyl groups excluding tert-OH is 1. The number of hydrogen-bond acceptors (Lipinski definition) is 6. The lowest BCUT2D eigenvalue weighted by atomic mass is 10.1. The Balaban J connectivity index is 1.43. The largest absolute Gasteiger partial charge is 0.490 e. The molecule has 1 aliphatic heterocycles. The number of nitrogens with one attached hydrogen (secondary N) is 2. The molecule has 3 rings (SSSR count). The van der Waals surface area contributed by atoms with E-state index in [1.54, 1.807) is 23.2 Å². The molecular formula is C19H20Cl2F3N3O4S. The van der Waals surface area contributed by atoms with Gasteiger partial charge in [0.05, 0.1) is 16.1 Å². The van der Waals surface area contributed by atoms with E-state index in [-0.39, 0.29) is 30.5 Å². The van der Waals surface area contributed by atoms with Crippen LogP contribution in [0.4, 0.5) is 13.2 Å². The van der Waals surface area contributed by atoms with Gasteiger partial charge in [-0.1, -0.05) is 34.5 Å². The van der Waals surface area contributed by atoms with E-state index in [2.05, 4.69) is 5.32 Å². The van der Waals surface area contributed by atoms with Crippen LogP contribution in [0, 0.1) is 0 Å². The van der Waals surface area contributed by atoms with Crippen LogP contribution in [0.15, 0.2) is 23.0 Å². The number of rotatable bonds is 7. The van der Waals surface area contributed by atoms with Crippen molar-refractivity contribution in [3.8, 4) is 5.75 Å². The minimum absolute atomic E-state index is 0.0301. The molecule has 32 heavy (non-hydrogen) atoms. The number of aromatic amines is 1. The zero-order valence-electron chi connectivity index (χ0n) is 16.5. The van der Waals surface area contributed by atoms with Gasteiger partial charge in [0.25, 0.3) is 5.91 Å². The number of β-amino-alcohol motifs (C(OH)–C–C–N with tert-alkyl or cyclic N) is 1. The molecule has 1 amide bonds. The highest BCUT2D eigenvalue weighted by atomic mass is 35.5. The molecule has 0 radical (unpaired) electrons. The van der Waals surface area contributed by atoms with Crippen molar-refractivity contribution < 1.29 is 27.8 Å². The number of carbonyl (C=O) groups excluding carboxylic acids is 1. The summed E-state index contributed by atoms with van der Waals surface area (Å²) >= 11 is 12.1. The highest BCUT2D eigenvalue weighted by Gasteiger charge is 2.38. The first kappa shape index (κ1) is 24.8. The molecule has 1 fully saturated rings. The minimum Gasteiger partial charge on any atom is -0.490 e. The average molecular weight is 514 g/mol. The molecule has 1 saturated heterocycles. The van der Waals surface area contributed by atoms with Crippen LogP contribution >= 0.6 is 34.5 Å². The van der Waals surface area contributed by atoms with Crippen LogP contribution in [0.1, 0.15) is 28.2 Å². The van der Waals surface area contributed by atoms with E-state index in [9.17, 15) is 27.9 Å². The van der Waals surface area contributed by atoms with Crippen LogP contribution in [0.2, 0.25) is 10.0 Å². The highest BCUT2D eigenvalue weighted by molar-refractivity contribution is 7.11. The smallest absolute Gasteiger partial charge is 0.432 e. The number of likely N-dealkylation sites (tertiary alicyclic amines) is 1. The van der Waals surface area contributed by atoms with Crippen molar-refractivity contribution >= 4 is 40.4 Å². The van der Waals surface area contributed by atoms with E-state index in [0.717, 1.165) is 0 Å². The average Bonchev–Trinajstić information content (AvgIpc) is 3.13. The molecule has 1 atom stereocenters. The second-order valence-corrected chi connectivity index (χ2v) is 9.07. The van der Waals surface area contributed by atoms with Crippen molar-refractivity contribution in [3.05, 3.63) is 48.5 Å². The number of alkyl halides is 3. The van der Waals surface area contributed by atoms with Crippen LogP contribution in [-0.2, 0) is 6.18 Å². The lowest BCUT2D eigenvalue weighted by Crippen LogP contribution is -2.45. The Morgan fingerprint density at radius 3 is 2.62 bits per heavy atom. The number of piperidine rings is 1. The monoisotopic (exact) mass is 513 g/mol. The SMILES string of the molecule is O=C(NCC(O)CN1CCC(Oc2ccc(Cl)c(Cl)c2)CC1)c1sc(=O)[nH]c1C(F)(F)F. The van der Waals surface area contributed by atoms with Crippen LogP contribution < -0.4 is 14.9 Å². The lowest BCUT2D eigenvalue weighted by Gasteiger charge is -2.33. The van der Waals surface area contributed by atoms with Gasteiger partial charge < -0.3 is 25.0 Å². The van der Waals surface area contributed by atoms with Crippen molar-refractivity contribution in [2.24, 2.45) is 0 Å². The summed E-state index contributed by atoms with van der Waals surface area (Å²) in [7, 11) is 0. The Morgan fingerprint density at radius 2 is 2.00 bits per heavy atom. The third-order valence-electron chi connectivity index (χ3n) is 4.83. The van der Waals surface area contributed by atoms with Crippen molar-refractivity contribution in [1.29, 1.82) is 0 Å². The lowest BCUT2D eigenvalue weighted by molar-refractivity contribution is -0.141. The van der Waals surface area contributed by atoms with Crippen LogP contribution in [-0.4, -0.2) is 59.3 Å². The summed E-state index contributed by atoms with van der Waals surface area (Å²) in [5.74, 6) is -0.445. The second-order valence-electron chi connectivity index (χ2n) is 7.27. The van der Waals surface area contributed by atoms with Crippen molar-refractivity contribution in [3.63, 3.8) is 0 Å². The van der Waals surface area contributed by atoms with Gasteiger partial charge in [-0.15, -0.1) is 0 Å². The Hall–Kier alpha value is -1.79. The van der Waals surface area contributed by atoms with Gasteiger partial charge in [0.1, 0.15) is 22.4 Å². The maximum atomic E-state index is 12.9. The van der Waals surface area contributed by atoms with Crippen LogP contribution in [0.5, 0.6) is 5.75 Å². The number of hydrogen-bond donors (Lipinski definition) is 3. The first-order valence-electron chi connectivity index (χ1n) is 9.63. The highest BCUT2D eigenvalue weighted by Crippen LogP contribution is 2.31. The molecule has 176 valence electrons. The Labute approximate surface area is 195 Å². The van der Waals surface area contributed by atoms with Gasteiger partial charge in [-0.05, 0) is 25.0 Å². The summed E-state index contributed by atoms with van der Waals surface area (Å²) in [6.07, 6.45) is -4.47. The summed E-state index contributed by atoms with van der Waals surface area (Å²) in [5, 5.41) is 13.3. The molecule has 3 N–H and O–H groups in total. The number of ether oxygens (including phenoxy) is 1. The van der Waals surface area contributed by atoms with Gasteiger partial charge in [0, 0.05) is 32.2 Å². The maximum absolute atomic E-state index is 12.9. The first-order chi connectivity index (χ1) is 15.0. The van der Waals surface area contributed by atoms with Gasteiger partial charge in [0.2, 0.25) is 0 Å². The molecule has 1 aliphatic rings. The van der Waals surface area contributed by atoms with E-state index in [1.807, 2.05) is 4.90 Å². The number of aromatic nitrogens is 1. The number of aliphatic hydroxyl groups is 1. The van der Waals surface area contributed by atoms with E-state index in [1.165, 1.54) is 0 Å². The van der Waals surface area contributed by atoms with Gasteiger partial charge in [-0.25, -0.2) is 0 Å². The molecule has 13 heteroatoms. The Morgan fingerprint density at radius 1 is 1.31 bits per heavy atom. The molecule has 2 aromatic rings. The molecule has 2 heterocycles. The van der Waals surface area contributed by atoms with E-state index in [4.69, 9.17) is 27.9 Å². The van der Waals surface area contributed by atoms with Gasteiger partial charge in [-0.3, -0.25) is 9.59 Å². The Kier molecular flexibility index (Phi) is 8.10. The third kappa shape index (κ3) is 6.61. The molecule has 0 aliphatic carbocycles. The quantitative estimate of drug-likeness (QED) is 0.527. The van der Waals surface area contributed by atoms with Gasteiger partial charge in [-0.2, -0.15) is 13.2 Å². The molecule has 1 unspecified atom stereocenters. The van der Waals surface area contributed by atoms with E-state index < -0.39 is 33.6 Å². The van der Waals surface area contributed by atoms with Crippen molar-refractivity contribution in [2.45, 2.75) is 31.2 Å². The first-order valence-corrected chi connectivity index (χ1v) is 11.2. The molecule has 1 aromatic heterocycles. The number of nitrogens with zero attached hydrogens (tertiary/aromatic N) is 1. The fourth-order valence-corrected chi connectivity index (χ4v) is 4.35. The fourth-order valence-electron chi connectivity index (χ4n) is 3.29. The standard InChI is InChI=1S/C19H20Cl2F3N3O4S/c20-13-2-1-12(7-14(13)21)31-11-3-5-27(6-4-11)9-10(28)8-25-17(29)15-16(19(22,23)24)26-18(30)32-15/h1-2,7,10-11,28H,3-6,8-9H2,(H,25,29)(H,26,30). The third-order valence-corrected chi connectivity index (χ3v) is 6.45. The number of halogens is 5. The summed E-state index contributed by atoms with van der Waals surface area (Å²) in [6.45, 7) is 1.25. The normalized spacial score (nSPS) is 16.7. The predicted octanol–water partition coefficient (Wildman–Crippen LogP) is 3.40. The summed E-state index contributed by atoms with van der Waals surface area (Å²) < 4.78 is 44.6. The topological polar surface area (TPSA) is 94.7 Å². The fraction of sp³-hybridized carbons (Fsp3) is 0.474. The number of amides is 1. The number of H-pyrrole nitrogens is 1. The molecule has 7 nitrogen and oxygen atoms in total. The molecular weight excluding hydrogens is 494 g/mol. The van der Waals surface area contributed by atoms with Crippen molar-refractivity contribution in [1.82, 2.24) is 15.2 Å².